The van der Waals surface area contributed by atoms with Gasteiger partial charge in [-0.05, 0) is 188 Å². The van der Waals surface area contributed by atoms with Crippen LogP contribution < -0.4 is 76.2 Å². The quantitative estimate of drug-likeness (QED) is 0.00440. The summed E-state index contributed by atoms with van der Waals surface area (Å²) in [6.07, 6.45) is 5.76. The SMILES string of the molecule is C.C.CC(=O)NC[C@H]1CN(c2ccc(-c3ccc(CCl)cc3)c(F)c2)C(=O)O1.CC(=O)NC[C@H]1CN(c2ccc(-c3ccc(CN(CCCSc4cn[nH]n4)C(=O)OC(C)(C)C)cc3)c(F)c2)C(=O)O1.CC(=O)NC[C@H]1CN(c2ccc(-c3ccc(CNCCCSc4cn[nH]n4)cc3)c(F)c2)C(=O)O1.CC(C)(C)OC(=O)NCCCBr.CC(C)(C)OC(=O)NCCCSc1cn[nH]n1.Cl.Cl.[Na+].[S-]c1cn[nH]n1. The second-order valence-corrected chi connectivity index (χ2v) is 38.5. The summed E-state index contributed by atoms with van der Waals surface area (Å²) in [6, 6.07) is 36.3. The van der Waals surface area contributed by atoms with Crippen molar-refractivity contribution in [3.05, 3.63) is 186 Å². The van der Waals surface area contributed by atoms with Crippen LogP contribution in [0, 0.1) is 17.5 Å². The molecule has 0 radical (unpaired) electrons. The van der Waals surface area contributed by atoms with Crippen LogP contribution in [0.15, 0.2) is 172 Å². The molecule has 7 heterocycles. The molecule has 37 nitrogen and oxygen atoms in total. The van der Waals surface area contributed by atoms with Gasteiger partial charge in [0.25, 0.3) is 0 Å². The van der Waals surface area contributed by atoms with Gasteiger partial charge in [-0.15, -0.1) is 87.0 Å². The number of thioether (sulfide) groups is 3. The predicted octanol–water partition coefficient (Wildman–Crippen LogP) is 15.0. The monoisotopic (exact) mass is 2190 g/mol. The second-order valence-electron chi connectivity index (χ2n) is 33.7. The zero-order chi connectivity index (χ0) is 100. The summed E-state index contributed by atoms with van der Waals surface area (Å²) in [5, 5.41) is 60.8. The first-order chi connectivity index (χ1) is 65.8. The van der Waals surface area contributed by atoms with E-state index in [1.165, 1.54) is 59.9 Å². The fourth-order valence-corrected chi connectivity index (χ4v) is 15.2. The Labute approximate surface area is 897 Å². The standard InChI is InChI=1S/C29H35FN6O5S.C24H27FN6O3S.C19H18ClFN2O3.C10H18N4O2S.C8H16BrNO2.C2H3N3S.2CH4.2ClH.Na/c1-19(37)31-15-23-18-36(28(39)40-23)22-10-11-24(25(30)14-22)21-8-6-20(7-9-21)17-35(27(38)41-29(2,3)4)12-5-13-42-26-16-32-34-33-26;1-16(32)27-13-20-15-31(24(33)34-20)19-7-8-21(22(25)11-19)18-5-3-17(4-6-18)12-26-9-2-10-35-23-14-28-30-29-23;1-12(24)22-10-16-11-23(19(25)26-16)15-6-7-17(18(21)8-15)14-4-2-13(9-20)3-5-14;1-10(2,3)16-9(15)11-5-4-6-17-8-7-12-14-13-8;1-8(2,3)12-7(11)10-6-4-5-9;6-2-1-3-5-4-2;;;;;/h6-11,14,16,23H,5,12-13,15,17-18H2,1-4H3,(H,31,37)(H,32,33,34);3-8,11,14,20,26H,2,9-10,12-13,15H2,1H3,(H,27,32)(H,28,29,30);2-8,16H,9-11H2,1H3,(H,22,24);7H,4-6H2,1-3H3,(H,11,15)(H,12,13,14);4-6H2,1-3H3,(H,10,11);1H,(H2,3,4,5,6);2*1H4;2*1H;/q;;;;;;;;;;+1/p-1/t23-;20-;16-;;;;;;;;/m000......../s1. The number of alkyl halides is 2. The molecule has 49 heteroatoms. The molecule has 13 rings (SSSR count). The van der Waals surface area contributed by atoms with Crippen molar-refractivity contribution < 1.29 is 114 Å². The van der Waals surface area contributed by atoms with E-state index in [9.17, 15) is 51.9 Å². The van der Waals surface area contributed by atoms with Gasteiger partial charge < -0.3 is 77.9 Å². The zero-order valence-corrected chi connectivity index (χ0v) is 89.6. The number of carbonyl (C=O) groups is 9. The summed E-state index contributed by atoms with van der Waals surface area (Å²) in [6.45, 7) is 25.7. The number of ether oxygens (including phenoxy) is 6. The average Bonchev–Trinajstić information content (AvgIpc) is 1.75. The van der Waals surface area contributed by atoms with Crippen molar-refractivity contribution in [3.63, 3.8) is 0 Å². The number of hydrogen-bond donors (Lipinski definition) is 10. The van der Waals surface area contributed by atoms with Gasteiger partial charge in [0.1, 0.15) is 67.6 Å². The van der Waals surface area contributed by atoms with Crippen LogP contribution in [-0.4, -0.2) is 244 Å². The summed E-state index contributed by atoms with van der Waals surface area (Å²) in [7, 11) is 0. The molecule has 0 bridgehead atoms. The molecule has 3 aliphatic rings. The molecule has 0 saturated carbocycles. The number of hydrogen-bond acceptors (Lipinski definition) is 28. The number of nitrogens with one attached hydrogen (secondary N) is 10. The smallest absolute Gasteiger partial charge is 0.757 e. The molecule has 4 aromatic heterocycles. The van der Waals surface area contributed by atoms with E-state index in [-0.39, 0.29) is 138 Å². The number of H-pyrrole nitrogens is 4. The van der Waals surface area contributed by atoms with Gasteiger partial charge in [-0.3, -0.25) is 29.1 Å². The number of alkyl carbamates (subject to hydrolysis) is 2. The van der Waals surface area contributed by atoms with Crippen LogP contribution in [-0.2, 0) is 74.4 Å². The Morgan fingerprint density at radius 1 is 0.476 bits per heavy atom. The van der Waals surface area contributed by atoms with Crippen LogP contribution in [0.25, 0.3) is 33.4 Å². The number of halogens is 7. The van der Waals surface area contributed by atoms with Gasteiger partial charge in [-0.2, -0.15) is 46.3 Å². The maximum atomic E-state index is 15.2. The van der Waals surface area contributed by atoms with E-state index in [0.29, 0.717) is 76.4 Å². The molecule has 6 aromatic carbocycles. The summed E-state index contributed by atoms with van der Waals surface area (Å²) in [5.74, 6) is 1.03. The Bertz CT molecular complexity index is 5490. The summed E-state index contributed by atoms with van der Waals surface area (Å²) in [4.78, 5) is 111. The summed E-state index contributed by atoms with van der Waals surface area (Å²) >= 11 is 18.4. The summed E-state index contributed by atoms with van der Waals surface area (Å²) < 4.78 is 76.2. The van der Waals surface area contributed by atoms with Crippen molar-refractivity contribution in [1.29, 1.82) is 0 Å². The van der Waals surface area contributed by atoms with Gasteiger partial charge >= 0.3 is 66.1 Å². The minimum atomic E-state index is -0.628. The largest absolute Gasteiger partial charge is 1.00 e. The molecule has 776 valence electrons. The number of carbonyl (C=O) groups excluding carboxylic acids is 9. The molecular weight excluding hydrogens is 2070 g/mol. The van der Waals surface area contributed by atoms with Crippen LogP contribution in [0.3, 0.4) is 0 Å². The van der Waals surface area contributed by atoms with Crippen molar-refractivity contribution in [2.45, 2.75) is 198 Å². The number of aromatic nitrogens is 12. The van der Waals surface area contributed by atoms with Crippen LogP contribution >= 0.6 is 87.6 Å². The molecule has 3 atom stereocenters. The van der Waals surface area contributed by atoms with E-state index < -0.39 is 76.9 Å². The molecule has 3 aliphatic heterocycles. The molecule has 143 heavy (non-hydrogen) atoms. The molecule has 10 N–H and O–H groups in total. The second kappa shape index (κ2) is 64.9. The van der Waals surface area contributed by atoms with Gasteiger partial charge in [0.05, 0.1) is 74.9 Å². The Kier molecular flexibility index (Phi) is 57.4. The number of nitrogens with zero attached hydrogens (tertiary/aromatic N) is 12. The molecule has 3 saturated heterocycles. The molecule has 9 amide bonds. The Morgan fingerprint density at radius 2 is 0.811 bits per heavy atom. The Balaban J connectivity index is 0.000000471. The Hall–Kier alpha value is -10.7. The van der Waals surface area contributed by atoms with Crippen molar-refractivity contribution in [2.24, 2.45) is 0 Å². The zero-order valence-electron chi connectivity index (χ0n) is 80.3. The maximum absolute atomic E-state index is 15.2. The van der Waals surface area contributed by atoms with E-state index in [0.717, 1.165) is 104 Å². The van der Waals surface area contributed by atoms with Crippen molar-refractivity contribution in [2.75, 3.05) is 103 Å². The third kappa shape index (κ3) is 47.3. The van der Waals surface area contributed by atoms with Crippen LogP contribution in [0.1, 0.15) is 140 Å². The first-order valence-corrected chi connectivity index (χ1v) is 48.9. The summed E-state index contributed by atoms with van der Waals surface area (Å²) in [5.41, 5.74) is 6.09. The van der Waals surface area contributed by atoms with Gasteiger partial charge in [0.15, 0.2) is 0 Å². The van der Waals surface area contributed by atoms with E-state index in [4.69, 9.17) is 40.0 Å². The third-order valence-electron chi connectivity index (χ3n) is 18.8. The fourth-order valence-electron chi connectivity index (χ4n) is 12.5. The van der Waals surface area contributed by atoms with E-state index >= 15 is 4.39 Å². The average molecular weight is 2200 g/mol. The maximum Gasteiger partial charge on any atom is 1.00 e. The predicted molar refractivity (Wildman–Crippen MR) is 554 cm³/mol. The molecule has 3 fully saturated rings. The third-order valence-corrected chi connectivity index (χ3v) is 22.8. The molecular formula is C94H126BrCl3F3N22NaO15S4. The van der Waals surface area contributed by atoms with Gasteiger partial charge in [-0.1, -0.05) is 104 Å². The topological polar surface area (TPSA) is 460 Å². The number of benzene rings is 6. The molecule has 10 aromatic rings. The number of anilines is 3. The Morgan fingerprint density at radius 3 is 1.12 bits per heavy atom. The number of rotatable bonds is 35. The van der Waals surface area contributed by atoms with Crippen molar-refractivity contribution >= 4 is 172 Å². The number of aromatic amines is 4. The van der Waals surface area contributed by atoms with Gasteiger partial charge in [0.2, 0.25) is 17.7 Å². The van der Waals surface area contributed by atoms with Crippen molar-refractivity contribution in [3.8, 4) is 33.4 Å². The minimum Gasteiger partial charge on any atom is -0.757 e. The number of amides is 9. The number of cyclic esters (lactones) is 3. The van der Waals surface area contributed by atoms with Gasteiger partial charge in [0, 0.05) is 105 Å². The minimum absolute atomic E-state index is 0. The molecule has 0 spiro atoms. The van der Waals surface area contributed by atoms with E-state index in [1.54, 1.807) is 107 Å². The normalized spacial score (nSPS) is 13.8. The molecule has 0 aliphatic carbocycles. The fraction of sp³-hybridized carbons (Fsp3) is 0.436. The van der Waals surface area contributed by atoms with E-state index in [2.05, 4.69) is 122 Å². The first-order valence-electron chi connectivity index (χ1n) is 43.8. The van der Waals surface area contributed by atoms with Gasteiger partial charge in [-0.25, -0.2) is 41.9 Å². The molecule has 0 unspecified atom stereocenters. The van der Waals surface area contributed by atoms with E-state index in [1.807, 2.05) is 123 Å². The van der Waals surface area contributed by atoms with Crippen LogP contribution in [0.2, 0.25) is 0 Å². The first kappa shape index (κ1) is 126. The van der Waals surface area contributed by atoms with Crippen molar-refractivity contribution in [1.82, 2.24) is 98.4 Å². The van der Waals surface area contributed by atoms with Crippen LogP contribution in [0.5, 0.6) is 0 Å². The van der Waals surface area contributed by atoms with Crippen LogP contribution in [0.4, 0.5) is 59.0 Å².